The summed E-state index contributed by atoms with van der Waals surface area (Å²) < 4.78 is 28.3. The largest absolute Gasteiger partial charge is 0.491 e. The lowest BCUT2D eigenvalue weighted by atomic mass is 9.96. The zero-order chi connectivity index (χ0) is 12.8. The Balaban J connectivity index is 1.70. The van der Waals surface area contributed by atoms with E-state index in [4.69, 9.17) is 4.74 Å². The van der Waals surface area contributed by atoms with Gasteiger partial charge < -0.3 is 10.1 Å². The second-order valence-corrected chi connectivity index (χ2v) is 7.66. The fourth-order valence-corrected chi connectivity index (χ4v) is 4.99. The lowest BCUT2D eigenvalue weighted by molar-refractivity contribution is 0.189. The first-order valence-corrected chi connectivity index (χ1v) is 7.99. The van der Waals surface area contributed by atoms with Crippen LogP contribution in [0, 0.1) is 5.41 Å². The number of sulfone groups is 1. The molecule has 0 aliphatic carbocycles. The maximum Gasteiger partial charge on any atom is 0.151 e. The monoisotopic (exact) mass is 267 g/mol. The smallest absolute Gasteiger partial charge is 0.151 e. The molecule has 4 nitrogen and oxygen atoms in total. The Morgan fingerprint density at radius 1 is 1.39 bits per heavy atom. The molecule has 2 aliphatic heterocycles. The third-order valence-corrected chi connectivity index (χ3v) is 5.80. The molecule has 5 heteroatoms. The van der Waals surface area contributed by atoms with Gasteiger partial charge in [0.1, 0.15) is 5.75 Å². The van der Waals surface area contributed by atoms with E-state index in [1.54, 1.807) is 0 Å². The van der Waals surface area contributed by atoms with Crippen molar-refractivity contribution in [1.29, 1.82) is 0 Å². The predicted molar refractivity (Wildman–Crippen MR) is 70.9 cm³/mol. The van der Waals surface area contributed by atoms with Gasteiger partial charge in [0, 0.05) is 12.0 Å². The van der Waals surface area contributed by atoms with Gasteiger partial charge >= 0.3 is 0 Å². The zero-order valence-corrected chi connectivity index (χ0v) is 11.2. The second-order valence-electron chi connectivity index (χ2n) is 5.60. The van der Waals surface area contributed by atoms with Crippen molar-refractivity contribution in [2.24, 2.45) is 5.41 Å². The summed E-state index contributed by atoms with van der Waals surface area (Å²) in [6, 6.07) is 6.02. The van der Waals surface area contributed by atoms with Gasteiger partial charge in [-0.2, -0.15) is 0 Å². The van der Waals surface area contributed by atoms with E-state index < -0.39 is 9.84 Å². The molecule has 0 amide bonds. The zero-order valence-electron chi connectivity index (χ0n) is 10.4. The molecule has 0 aromatic heterocycles. The third-order valence-electron chi connectivity index (χ3n) is 3.52. The van der Waals surface area contributed by atoms with Crippen LogP contribution in [0.25, 0.3) is 0 Å². The Kier molecular flexibility index (Phi) is 2.55. The quantitative estimate of drug-likeness (QED) is 0.901. The van der Waals surface area contributed by atoms with Crippen molar-refractivity contribution in [1.82, 2.24) is 0 Å². The van der Waals surface area contributed by atoms with Crippen molar-refractivity contribution in [2.45, 2.75) is 13.3 Å². The van der Waals surface area contributed by atoms with E-state index in [2.05, 4.69) is 11.4 Å². The standard InChI is InChI=1S/C13H17NO3S/c1-13(8-18(15,16)9-13)7-17-11-4-2-3-10-5-6-14-12(10)11/h2-4,14H,5-9H2,1H3. The summed E-state index contributed by atoms with van der Waals surface area (Å²) in [5.74, 6) is 1.32. The van der Waals surface area contributed by atoms with Crippen molar-refractivity contribution in [3.8, 4) is 5.75 Å². The van der Waals surface area contributed by atoms with Crippen molar-refractivity contribution in [3.63, 3.8) is 0 Å². The van der Waals surface area contributed by atoms with E-state index in [1.807, 2.05) is 19.1 Å². The summed E-state index contributed by atoms with van der Waals surface area (Å²) >= 11 is 0. The summed E-state index contributed by atoms with van der Waals surface area (Å²) in [6.45, 7) is 3.37. The lowest BCUT2D eigenvalue weighted by Crippen LogP contribution is -2.50. The molecule has 18 heavy (non-hydrogen) atoms. The molecule has 0 unspecified atom stereocenters. The minimum atomic E-state index is -2.80. The van der Waals surface area contributed by atoms with Gasteiger partial charge in [-0.05, 0) is 18.1 Å². The van der Waals surface area contributed by atoms with Gasteiger partial charge in [0.05, 0.1) is 23.8 Å². The van der Waals surface area contributed by atoms with Gasteiger partial charge in [0.15, 0.2) is 9.84 Å². The van der Waals surface area contributed by atoms with Crippen LogP contribution in [0.15, 0.2) is 18.2 Å². The van der Waals surface area contributed by atoms with Crippen molar-refractivity contribution >= 4 is 15.5 Å². The van der Waals surface area contributed by atoms with Gasteiger partial charge in [-0.1, -0.05) is 19.1 Å². The molecule has 3 rings (SSSR count). The predicted octanol–water partition coefficient (Wildman–Crippen LogP) is 1.47. The van der Waals surface area contributed by atoms with E-state index in [0.29, 0.717) is 6.61 Å². The minimum absolute atomic E-state index is 0.222. The molecule has 1 aromatic carbocycles. The van der Waals surface area contributed by atoms with Gasteiger partial charge in [-0.25, -0.2) is 8.42 Å². The van der Waals surface area contributed by atoms with Gasteiger partial charge in [-0.15, -0.1) is 0 Å². The van der Waals surface area contributed by atoms with Crippen LogP contribution in [-0.4, -0.2) is 33.1 Å². The number of para-hydroxylation sites is 1. The third kappa shape index (κ3) is 2.07. The summed E-state index contributed by atoms with van der Waals surface area (Å²) in [4.78, 5) is 0. The Morgan fingerprint density at radius 3 is 2.89 bits per heavy atom. The van der Waals surface area contributed by atoms with Gasteiger partial charge in [0.2, 0.25) is 0 Å². The summed E-state index contributed by atoms with van der Waals surface area (Å²) in [6.07, 6.45) is 1.03. The highest BCUT2D eigenvalue weighted by atomic mass is 32.2. The van der Waals surface area contributed by atoms with Crippen LogP contribution >= 0.6 is 0 Å². The Labute approximate surface area is 107 Å². The molecule has 0 spiro atoms. The maximum absolute atomic E-state index is 11.2. The summed E-state index contributed by atoms with van der Waals surface area (Å²) in [5.41, 5.74) is 2.13. The summed E-state index contributed by atoms with van der Waals surface area (Å²) in [5, 5.41) is 3.31. The number of anilines is 1. The van der Waals surface area contributed by atoms with Crippen molar-refractivity contribution in [2.75, 3.05) is 30.0 Å². The molecule has 1 fully saturated rings. The average molecular weight is 267 g/mol. The number of rotatable bonds is 3. The van der Waals surface area contributed by atoms with E-state index in [-0.39, 0.29) is 16.9 Å². The molecule has 98 valence electrons. The number of fused-ring (bicyclic) bond motifs is 1. The first-order chi connectivity index (χ1) is 8.48. The van der Waals surface area contributed by atoms with Crippen LogP contribution in [0.1, 0.15) is 12.5 Å². The lowest BCUT2D eigenvalue weighted by Gasteiger charge is -2.37. The minimum Gasteiger partial charge on any atom is -0.491 e. The van der Waals surface area contributed by atoms with Crippen LogP contribution < -0.4 is 10.1 Å². The fraction of sp³-hybridized carbons (Fsp3) is 0.538. The highest BCUT2D eigenvalue weighted by Gasteiger charge is 2.45. The number of hydrogen-bond donors (Lipinski definition) is 1. The van der Waals surface area contributed by atoms with Gasteiger partial charge in [-0.3, -0.25) is 0 Å². The Morgan fingerprint density at radius 2 is 2.17 bits per heavy atom. The first kappa shape index (κ1) is 11.8. The highest BCUT2D eigenvalue weighted by Crippen LogP contribution is 2.36. The average Bonchev–Trinajstić information content (AvgIpc) is 2.71. The van der Waals surface area contributed by atoms with Crippen LogP contribution in [0.2, 0.25) is 0 Å². The molecule has 2 heterocycles. The Bertz CT molecular complexity index is 568. The molecule has 0 atom stereocenters. The molecular weight excluding hydrogens is 250 g/mol. The molecule has 2 aliphatic rings. The van der Waals surface area contributed by atoms with E-state index in [9.17, 15) is 8.42 Å². The number of ether oxygens (including phenoxy) is 1. The van der Waals surface area contributed by atoms with Crippen LogP contribution in [0.4, 0.5) is 5.69 Å². The second kappa shape index (κ2) is 3.88. The van der Waals surface area contributed by atoms with E-state index in [1.165, 1.54) is 5.56 Å². The number of benzene rings is 1. The molecule has 0 saturated carbocycles. The summed E-state index contributed by atoms with van der Waals surface area (Å²) in [7, 11) is -2.80. The van der Waals surface area contributed by atoms with Crippen molar-refractivity contribution < 1.29 is 13.2 Å². The molecular formula is C13H17NO3S. The van der Waals surface area contributed by atoms with Crippen LogP contribution in [-0.2, 0) is 16.3 Å². The van der Waals surface area contributed by atoms with E-state index in [0.717, 1.165) is 24.4 Å². The topological polar surface area (TPSA) is 55.4 Å². The van der Waals surface area contributed by atoms with E-state index >= 15 is 0 Å². The molecule has 1 aromatic rings. The maximum atomic E-state index is 11.2. The first-order valence-electron chi connectivity index (χ1n) is 6.17. The normalized spacial score (nSPS) is 22.7. The molecule has 1 N–H and O–H groups in total. The van der Waals surface area contributed by atoms with Gasteiger partial charge in [0.25, 0.3) is 0 Å². The number of nitrogens with one attached hydrogen (secondary N) is 1. The molecule has 0 radical (unpaired) electrons. The Hall–Kier alpha value is -1.23. The number of hydrogen-bond acceptors (Lipinski definition) is 4. The van der Waals surface area contributed by atoms with Crippen LogP contribution in [0.5, 0.6) is 5.75 Å². The highest BCUT2D eigenvalue weighted by molar-refractivity contribution is 7.92. The molecule has 1 saturated heterocycles. The fourth-order valence-electron chi connectivity index (χ4n) is 2.78. The SMILES string of the molecule is CC1(COc2cccc3c2NCC3)CS(=O)(=O)C1. The van der Waals surface area contributed by atoms with Crippen LogP contribution in [0.3, 0.4) is 0 Å². The molecule has 0 bridgehead atoms. The van der Waals surface area contributed by atoms with Crippen molar-refractivity contribution in [3.05, 3.63) is 23.8 Å².